The maximum atomic E-state index is 10.9. The highest BCUT2D eigenvalue weighted by Gasteiger charge is 2.50. The van der Waals surface area contributed by atoms with Crippen molar-refractivity contribution in [1.82, 2.24) is 0 Å². The maximum absolute atomic E-state index is 10.9. The van der Waals surface area contributed by atoms with Crippen LogP contribution in [0.2, 0.25) is 0 Å². The Kier molecular flexibility index (Phi) is 9.04. The van der Waals surface area contributed by atoms with E-state index >= 15 is 0 Å². The monoisotopic (exact) mass is 502 g/mol. The molecule has 0 saturated carbocycles. The van der Waals surface area contributed by atoms with Gasteiger partial charge in [-0.1, -0.05) is 6.07 Å². The molecule has 196 valence electrons. The lowest BCUT2D eigenvalue weighted by atomic mass is 9.97. The summed E-state index contributed by atoms with van der Waals surface area (Å²) in [5.74, 6) is -0.863. The topological polar surface area (TPSA) is 205 Å². The van der Waals surface area contributed by atoms with Gasteiger partial charge in [0.05, 0.1) is 19.8 Å². The number of carboxylic acid groups (broad SMARTS) is 1. The highest BCUT2D eigenvalue weighted by Crippen LogP contribution is 2.34. The van der Waals surface area contributed by atoms with Crippen LogP contribution >= 0.6 is 0 Å². The molecule has 0 unspecified atom stereocenters. The van der Waals surface area contributed by atoms with Crippen LogP contribution in [0.5, 0.6) is 11.5 Å². The van der Waals surface area contributed by atoms with Crippen molar-refractivity contribution >= 4 is 12.0 Å². The highest BCUT2D eigenvalue weighted by molar-refractivity contribution is 5.85. The van der Waals surface area contributed by atoms with E-state index in [1.54, 1.807) is 0 Å². The van der Waals surface area contributed by atoms with Crippen molar-refractivity contribution in [1.29, 1.82) is 0 Å². The molecule has 2 fully saturated rings. The molecule has 13 nitrogen and oxygen atoms in total. The van der Waals surface area contributed by atoms with Gasteiger partial charge in [-0.2, -0.15) is 0 Å². The summed E-state index contributed by atoms with van der Waals surface area (Å²) in [7, 11) is 1.35. The molecule has 1 aromatic carbocycles. The van der Waals surface area contributed by atoms with Crippen LogP contribution < -0.4 is 9.47 Å². The van der Waals surface area contributed by atoms with Gasteiger partial charge in [-0.15, -0.1) is 0 Å². The number of aliphatic hydroxyl groups excluding tert-OH is 6. The smallest absolute Gasteiger partial charge is 0.328 e. The number of aliphatic hydroxyl groups is 6. The van der Waals surface area contributed by atoms with Gasteiger partial charge in [0.1, 0.15) is 42.7 Å². The third-order valence-corrected chi connectivity index (χ3v) is 5.77. The Morgan fingerprint density at radius 2 is 1.69 bits per heavy atom. The van der Waals surface area contributed by atoms with E-state index < -0.39 is 74.0 Å². The number of hydrogen-bond donors (Lipinski definition) is 7. The summed E-state index contributed by atoms with van der Waals surface area (Å²) in [4.78, 5) is 10.7. The first kappa shape index (κ1) is 27.3. The zero-order valence-corrected chi connectivity index (χ0v) is 18.9. The molecular weight excluding hydrogens is 472 g/mol. The van der Waals surface area contributed by atoms with Crippen LogP contribution in [0, 0.1) is 0 Å². The average Bonchev–Trinajstić information content (AvgIpc) is 2.84. The van der Waals surface area contributed by atoms with Gasteiger partial charge < -0.3 is 59.4 Å². The minimum absolute atomic E-state index is 0.0944. The van der Waals surface area contributed by atoms with E-state index in [9.17, 15) is 35.4 Å². The van der Waals surface area contributed by atoms with Crippen molar-refractivity contribution in [2.45, 2.75) is 68.3 Å². The molecule has 0 spiro atoms. The SMILES string of the molecule is COc1cc(/C=C/C(=O)O)ccc1O[C@@H]1O[C@H](CO)[C@@H](O)[C@H](O[C@@H]2O[C@@H](C)[C@H](O)[C@@H](O)[C@H]2O)[C@H]1O. The Morgan fingerprint density at radius 3 is 2.31 bits per heavy atom. The summed E-state index contributed by atoms with van der Waals surface area (Å²) in [5.41, 5.74) is 0.491. The number of hydrogen-bond acceptors (Lipinski definition) is 12. The molecule has 0 bridgehead atoms. The molecule has 0 aromatic heterocycles. The Bertz CT molecular complexity index is 892. The van der Waals surface area contributed by atoms with Crippen molar-refractivity contribution in [2.24, 2.45) is 0 Å². The predicted octanol–water partition coefficient (Wildman–Crippen LogP) is -2.18. The van der Waals surface area contributed by atoms with Crippen LogP contribution in [0.1, 0.15) is 12.5 Å². The Hall–Kier alpha value is -2.33. The van der Waals surface area contributed by atoms with Gasteiger partial charge >= 0.3 is 5.97 Å². The summed E-state index contributed by atoms with van der Waals surface area (Å²) in [6.45, 7) is 0.770. The van der Waals surface area contributed by atoms with Crippen molar-refractivity contribution in [3.8, 4) is 11.5 Å². The molecule has 13 heteroatoms. The van der Waals surface area contributed by atoms with E-state index in [0.29, 0.717) is 5.56 Å². The van der Waals surface area contributed by atoms with Gasteiger partial charge in [-0.25, -0.2) is 4.79 Å². The van der Waals surface area contributed by atoms with E-state index in [1.807, 2.05) is 0 Å². The normalized spacial score (nSPS) is 37.8. The second-order valence-corrected chi connectivity index (χ2v) is 8.19. The van der Waals surface area contributed by atoms with Gasteiger partial charge in [0, 0.05) is 6.08 Å². The highest BCUT2D eigenvalue weighted by atomic mass is 16.7. The van der Waals surface area contributed by atoms with E-state index in [2.05, 4.69) is 0 Å². The summed E-state index contributed by atoms with van der Waals surface area (Å²) >= 11 is 0. The molecule has 2 aliphatic heterocycles. The molecule has 35 heavy (non-hydrogen) atoms. The Labute approximate surface area is 200 Å². The summed E-state index contributed by atoms with van der Waals surface area (Å²) in [6, 6.07) is 4.45. The zero-order valence-electron chi connectivity index (χ0n) is 18.9. The molecule has 0 amide bonds. The van der Waals surface area contributed by atoms with Gasteiger partial charge in [0.15, 0.2) is 17.8 Å². The van der Waals surface area contributed by atoms with Gasteiger partial charge in [-0.05, 0) is 30.7 Å². The fraction of sp³-hybridized carbons (Fsp3) is 0.591. The standard InChI is InChI=1S/C22H30O13/c1-9-15(26)17(28)18(29)21(32-9)35-20-16(27)13(8-23)34-22(19(20)30)33-11-5-3-10(4-6-14(24)25)7-12(11)31-2/h3-7,9,13,15-23,26-30H,8H2,1-2H3,(H,24,25)/b6-4+/t9-,13+,15-,16+,17+,18+,19+,20-,21-,22+/m0/s1. The lowest BCUT2D eigenvalue weighted by Gasteiger charge is -2.45. The largest absolute Gasteiger partial charge is 0.493 e. The first-order chi connectivity index (χ1) is 16.6. The van der Waals surface area contributed by atoms with Gasteiger partial charge in [0.2, 0.25) is 6.29 Å². The first-order valence-electron chi connectivity index (χ1n) is 10.8. The van der Waals surface area contributed by atoms with Gasteiger partial charge in [-0.3, -0.25) is 0 Å². The number of benzene rings is 1. The lowest BCUT2D eigenvalue weighted by molar-refractivity contribution is -0.349. The second kappa shape index (κ2) is 11.6. The fourth-order valence-electron chi connectivity index (χ4n) is 3.77. The number of ether oxygens (including phenoxy) is 5. The maximum Gasteiger partial charge on any atom is 0.328 e. The molecule has 10 atom stereocenters. The fourth-order valence-corrected chi connectivity index (χ4v) is 3.77. The molecule has 0 aliphatic carbocycles. The molecule has 2 aliphatic rings. The number of carbonyl (C=O) groups is 1. The quantitative estimate of drug-likeness (QED) is 0.189. The van der Waals surface area contributed by atoms with Crippen LogP contribution in [-0.2, 0) is 19.0 Å². The molecule has 7 N–H and O–H groups in total. The molecule has 3 rings (SSSR count). The van der Waals surface area contributed by atoms with E-state index in [1.165, 1.54) is 38.3 Å². The van der Waals surface area contributed by atoms with Crippen LogP contribution in [0.4, 0.5) is 0 Å². The molecule has 2 saturated heterocycles. The van der Waals surface area contributed by atoms with Crippen LogP contribution in [0.15, 0.2) is 24.3 Å². The van der Waals surface area contributed by atoms with E-state index in [0.717, 1.165) is 6.08 Å². The molecule has 2 heterocycles. The van der Waals surface area contributed by atoms with E-state index in [4.69, 9.17) is 28.8 Å². The number of carboxylic acids is 1. The summed E-state index contributed by atoms with van der Waals surface area (Å²) in [6.07, 6.45) is -12.3. The minimum atomic E-state index is -1.69. The van der Waals surface area contributed by atoms with Crippen LogP contribution in [0.25, 0.3) is 6.08 Å². The van der Waals surface area contributed by atoms with E-state index in [-0.39, 0.29) is 11.5 Å². The third-order valence-electron chi connectivity index (χ3n) is 5.77. The van der Waals surface area contributed by atoms with Crippen LogP contribution in [0.3, 0.4) is 0 Å². The number of rotatable bonds is 8. The zero-order chi connectivity index (χ0) is 25.9. The molecular formula is C22H30O13. The summed E-state index contributed by atoms with van der Waals surface area (Å²) in [5, 5.41) is 70.0. The second-order valence-electron chi connectivity index (χ2n) is 8.19. The van der Waals surface area contributed by atoms with Crippen molar-refractivity contribution in [3.63, 3.8) is 0 Å². The van der Waals surface area contributed by atoms with Crippen molar-refractivity contribution in [2.75, 3.05) is 13.7 Å². The van der Waals surface area contributed by atoms with Gasteiger partial charge in [0.25, 0.3) is 0 Å². The minimum Gasteiger partial charge on any atom is -0.493 e. The number of methoxy groups -OCH3 is 1. The number of aliphatic carboxylic acids is 1. The average molecular weight is 502 g/mol. The predicted molar refractivity (Wildman–Crippen MR) is 115 cm³/mol. The van der Waals surface area contributed by atoms with Crippen LogP contribution in [-0.4, -0.2) is 117 Å². The summed E-state index contributed by atoms with van der Waals surface area (Å²) < 4.78 is 27.4. The Balaban J connectivity index is 1.80. The Morgan fingerprint density at radius 1 is 0.971 bits per heavy atom. The third kappa shape index (κ3) is 6.09. The first-order valence-corrected chi connectivity index (χ1v) is 10.8. The molecule has 0 radical (unpaired) electrons. The lowest BCUT2D eigenvalue weighted by Crippen LogP contribution is -2.64. The molecule has 1 aromatic rings. The van der Waals surface area contributed by atoms with Crippen molar-refractivity contribution < 1.29 is 64.2 Å². The van der Waals surface area contributed by atoms with Crippen molar-refractivity contribution in [3.05, 3.63) is 29.8 Å².